The maximum absolute atomic E-state index is 13.3. The molecule has 0 fully saturated rings. The predicted octanol–water partition coefficient (Wildman–Crippen LogP) is 7.83. The van der Waals surface area contributed by atoms with Crippen molar-refractivity contribution in [3.05, 3.63) is 69.8 Å². The number of halogens is 4. The quantitative estimate of drug-likeness (QED) is 0.128. The number of esters is 1. The Balaban J connectivity index is 0.000000241. The fourth-order valence-electron chi connectivity index (χ4n) is 6.55. The van der Waals surface area contributed by atoms with Crippen molar-refractivity contribution in [2.24, 2.45) is 23.7 Å². The maximum Gasteiger partial charge on any atom is 0.308 e. The van der Waals surface area contributed by atoms with E-state index in [1.807, 2.05) is 0 Å². The highest BCUT2D eigenvalue weighted by atomic mass is 19.2. The molecule has 0 amide bonds. The Labute approximate surface area is 258 Å². The highest BCUT2D eigenvalue weighted by Crippen LogP contribution is 2.41. The second-order valence-corrected chi connectivity index (χ2v) is 12.3. The zero-order chi connectivity index (χ0) is 32.4. The van der Waals surface area contributed by atoms with Crippen LogP contribution in [0.2, 0.25) is 0 Å². The topological polar surface area (TPSA) is 83.8 Å². The molecular formula is C35H46F4O5. The predicted molar refractivity (Wildman–Crippen MR) is 160 cm³/mol. The minimum absolute atomic E-state index is 0.0556. The first-order valence-electron chi connectivity index (χ1n) is 15.9. The summed E-state index contributed by atoms with van der Waals surface area (Å²) in [5.41, 5.74) is 1.96. The number of ketones is 1. The van der Waals surface area contributed by atoms with Crippen LogP contribution in [0.4, 0.5) is 17.6 Å². The summed E-state index contributed by atoms with van der Waals surface area (Å²) in [5, 5.41) is 19.8. The lowest BCUT2D eigenvalue weighted by atomic mass is 9.88. The minimum atomic E-state index is -1.01. The molecule has 2 aromatic carbocycles. The van der Waals surface area contributed by atoms with E-state index in [0.717, 1.165) is 63.1 Å². The standard InChI is InChI=1S/C18H22F2O3.C17H24F2O2/c1-3-4-5-6-11(18(22)23-2)7-13-8-12-9-15(19)16(20)10-14(12)17(13)21;1-2-3-4-5-11(10-20)6-13-7-12-8-15(18)16(19)9-14(12)17(13)21/h9-11,13H,3-8H2,1-2H3;8-9,11,13,17,20-21H,2-7,10H2,1H3. The maximum atomic E-state index is 13.3. The van der Waals surface area contributed by atoms with Gasteiger partial charge in [0.25, 0.3) is 0 Å². The molecule has 5 unspecified atom stereocenters. The van der Waals surface area contributed by atoms with Gasteiger partial charge < -0.3 is 14.9 Å². The number of carbonyl (C=O) groups excluding carboxylic acids is 2. The van der Waals surface area contributed by atoms with Crippen molar-refractivity contribution in [1.82, 2.24) is 0 Å². The number of hydrogen-bond donors (Lipinski definition) is 2. The number of benzene rings is 2. The molecule has 0 bridgehead atoms. The van der Waals surface area contributed by atoms with Crippen molar-refractivity contribution in [1.29, 1.82) is 0 Å². The number of methoxy groups -OCH3 is 1. The fourth-order valence-corrected chi connectivity index (χ4v) is 6.55. The largest absolute Gasteiger partial charge is 0.469 e. The van der Waals surface area contributed by atoms with Gasteiger partial charge in [-0.05, 0) is 91.3 Å². The average molecular weight is 623 g/mol. The lowest BCUT2D eigenvalue weighted by molar-refractivity contribution is -0.146. The van der Waals surface area contributed by atoms with E-state index in [2.05, 4.69) is 13.8 Å². The van der Waals surface area contributed by atoms with Crippen molar-refractivity contribution in [2.75, 3.05) is 13.7 Å². The number of unbranched alkanes of at least 4 members (excludes halogenated alkanes) is 4. The molecule has 5 atom stereocenters. The second-order valence-electron chi connectivity index (χ2n) is 12.3. The molecule has 0 spiro atoms. The average Bonchev–Trinajstić information content (AvgIpc) is 3.46. The third-order valence-electron chi connectivity index (χ3n) is 9.05. The summed E-state index contributed by atoms with van der Waals surface area (Å²) < 4.78 is 58.0. The molecule has 9 heteroatoms. The normalized spacial score (nSPS) is 20.0. The van der Waals surface area contributed by atoms with Crippen molar-refractivity contribution >= 4 is 11.8 Å². The number of rotatable bonds is 14. The molecule has 2 aromatic rings. The Bertz CT molecular complexity index is 1270. The SMILES string of the molecule is CCCCCC(CC1Cc2cc(F)c(F)cc2C1=O)C(=O)OC.CCCCCC(CO)CC1Cc2cc(F)c(F)cc2C1O. The number of aliphatic hydroxyl groups is 2. The van der Waals surface area contributed by atoms with Crippen molar-refractivity contribution in [2.45, 2.75) is 97.0 Å². The van der Waals surface area contributed by atoms with Crippen LogP contribution in [0.1, 0.15) is 111 Å². The molecule has 0 heterocycles. The Morgan fingerprint density at radius 3 is 2.07 bits per heavy atom. The van der Waals surface area contributed by atoms with Gasteiger partial charge >= 0.3 is 5.97 Å². The van der Waals surface area contributed by atoms with Gasteiger partial charge in [-0.15, -0.1) is 0 Å². The Morgan fingerprint density at radius 1 is 0.864 bits per heavy atom. The van der Waals surface area contributed by atoms with Crippen LogP contribution in [-0.4, -0.2) is 35.7 Å². The van der Waals surface area contributed by atoms with Crippen molar-refractivity contribution in [3.8, 4) is 0 Å². The number of ether oxygens (including phenoxy) is 1. The van der Waals surface area contributed by atoms with Gasteiger partial charge in [-0.1, -0.05) is 52.4 Å². The zero-order valence-electron chi connectivity index (χ0n) is 26.0. The number of hydrogen-bond acceptors (Lipinski definition) is 5. The summed E-state index contributed by atoms with van der Waals surface area (Å²) in [4.78, 5) is 24.3. The molecule has 2 aliphatic rings. The number of aliphatic hydroxyl groups excluding tert-OH is 2. The first-order valence-corrected chi connectivity index (χ1v) is 15.9. The Hall–Kier alpha value is -2.78. The minimum Gasteiger partial charge on any atom is -0.469 e. The molecule has 44 heavy (non-hydrogen) atoms. The van der Waals surface area contributed by atoms with Gasteiger partial charge in [0, 0.05) is 18.1 Å². The summed E-state index contributed by atoms with van der Waals surface area (Å²) >= 11 is 0. The number of carbonyl (C=O) groups is 2. The smallest absolute Gasteiger partial charge is 0.308 e. The van der Waals surface area contributed by atoms with Gasteiger partial charge in [0.1, 0.15) is 0 Å². The molecular weight excluding hydrogens is 576 g/mol. The summed E-state index contributed by atoms with van der Waals surface area (Å²) in [6.45, 7) is 4.31. The Morgan fingerprint density at radius 2 is 1.45 bits per heavy atom. The molecule has 0 saturated carbocycles. The van der Waals surface area contributed by atoms with Gasteiger partial charge in [0.05, 0.1) is 19.1 Å². The van der Waals surface area contributed by atoms with Gasteiger partial charge in [-0.25, -0.2) is 17.6 Å². The van der Waals surface area contributed by atoms with Crippen molar-refractivity contribution in [3.63, 3.8) is 0 Å². The van der Waals surface area contributed by atoms with Crippen LogP contribution in [0, 0.1) is 46.9 Å². The van der Waals surface area contributed by atoms with E-state index in [4.69, 9.17) is 4.74 Å². The third-order valence-corrected chi connectivity index (χ3v) is 9.05. The highest BCUT2D eigenvalue weighted by molar-refractivity contribution is 6.02. The molecule has 5 nitrogen and oxygen atoms in total. The van der Waals surface area contributed by atoms with Crippen LogP contribution < -0.4 is 0 Å². The second kappa shape index (κ2) is 17.1. The first kappa shape index (κ1) is 35.7. The van der Waals surface area contributed by atoms with Crippen LogP contribution in [0.25, 0.3) is 0 Å². The van der Waals surface area contributed by atoms with Crippen LogP contribution in [0.5, 0.6) is 0 Å². The van der Waals surface area contributed by atoms with E-state index >= 15 is 0 Å². The number of fused-ring (bicyclic) bond motifs is 2. The Kier molecular flexibility index (Phi) is 13.8. The molecule has 2 aliphatic carbocycles. The van der Waals surface area contributed by atoms with Gasteiger partial charge in [0.2, 0.25) is 0 Å². The van der Waals surface area contributed by atoms with Gasteiger partial charge in [0.15, 0.2) is 29.1 Å². The van der Waals surface area contributed by atoms with E-state index in [9.17, 15) is 37.4 Å². The summed E-state index contributed by atoms with van der Waals surface area (Å²) in [5.74, 6) is -4.89. The summed E-state index contributed by atoms with van der Waals surface area (Å²) in [7, 11) is 1.34. The van der Waals surface area contributed by atoms with E-state index in [0.29, 0.717) is 48.8 Å². The molecule has 0 aromatic heterocycles. The lowest BCUT2D eigenvalue weighted by Crippen LogP contribution is -2.22. The number of Topliss-reactive ketones (excluding diaryl/α,β-unsaturated/α-hetero) is 1. The van der Waals surface area contributed by atoms with Crippen LogP contribution >= 0.6 is 0 Å². The van der Waals surface area contributed by atoms with Gasteiger partial charge in [-0.2, -0.15) is 0 Å². The highest BCUT2D eigenvalue weighted by Gasteiger charge is 2.36. The molecule has 244 valence electrons. The van der Waals surface area contributed by atoms with Crippen LogP contribution in [0.15, 0.2) is 24.3 Å². The van der Waals surface area contributed by atoms with Crippen LogP contribution in [-0.2, 0) is 22.4 Å². The summed E-state index contributed by atoms with van der Waals surface area (Å²) in [6, 6.07) is 4.36. The third kappa shape index (κ3) is 9.13. The molecule has 0 radical (unpaired) electrons. The first-order chi connectivity index (χ1) is 21.0. The van der Waals surface area contributed by atoms with E-state index in [1.165, 1.54) is 13.2 Å². The van der Waals surface area contributed by atoms with Gasteiger partial charge in [-0.3, -0.25) is 9.59 Å². The van der Waals surface area contributed by atoms with E-state index in [-0.39, 0.29) is 41.7 Å². The van der Waals surface area contributed by atoms with Crippen LogP contribution in [0.3, 0.4) is 0 Å². The van der Waals surface area contributed by atoms with E-state index in [1.54, 1.807) is 0 Å². The van der Waals surface area contributed by atoms with Crippen molar-refractivity contribution < 1.29 is 42.1 Å². The monoisotopic (exact) mass is 622 g/mol. The molecule has 0 saturated heterocycles. The molecule has 4 rings (SSSR count). The lowest BCUT2D eigenvalue weighted by Gasteiger charge is -2.21. The molecule has 0 aliphatic heterocycles. The molecule has 2 N–H and O–H groups in total. The zero-order valence-corrected chi connectivity index (χ0v) is 26.0. The summed E-state index contributed by atoms with van der Waals surface area (Å²) in [6.07, 6.45) is 9.12. The fraction of sp³-hybridized carbons (Fsp3) is 0.600. The van der Waals surface area contributed by atoms with E-state index < -0.39 is 35.3 Å².